The van der Waals surface area contributed by atoms with Gasteiger partial charge in [-0.05, 0) is 11.8 Å². The molecule has 0 saturated carbocycles. The Bertz CT molecular complexity index is 360. The van der Waals surface area contributed by atoms with Gasteiger partial charge in [0.05, 0.1) is 4.90 Å². The predicted molar refractivity (Wildman–Crippen MR) is 38.1 cm³/mol. The summed E-state index contributed by atoms with van der Waals surface area (Å²) in [4.78, 5) is -1.58. The zero-order valence-corrected chi connectivity index (χ0v) is 7.45. The highest BCUT2D eigenvalue weighted by molar-refractivity contribution is 7.99. The highest BCUT2D eigenvalue weighted by atomic mass is 32.2. The Morgan fingerprint density at radius 2 is 1.00 bits per heavy atom. The first kappa shape index (κ1) is 12.2. The first-order valence-corrected chi connectivity index (χ1v) is 4.20. The number of hydrogen-bond donors (Lipinski definition) is 0. The second-order valence-corrected chi connectivity index (χ2v) is 3.28. The van der Waals surface area contributed by atoms with Crippen molar-refractivity contribution >= 4 is 11.8 Å². The van der Waals surface area contributed by atoms with Crippen molar-refractivity contribution in [3.63, 3.8) is 0 Å². The van der Waals surface area contributed by atoms with Gasteiger partial charge in [-0.15, -0.1) is 0 Å². The topological polar surface area (TPSA) is 0 Å². The van der Waals surface area contributed by atoms with Crippen LogP contribution in [0, 0.1) is 29.1 Å². The number of thioether (sulfide) groups is 1. The van der Waals surface area contributed by atoms with Crippen molar-refractivity contribution in [1.82, 2.24) is 0 Å². The molecule has 0 aliphatic rings. The third kappa shape index (κ3) is 2.19. The molecular weight excluding hydrogens is 249 g/mol. The van der Waals surface area contributed by atoms with Crippen molar-refractivity contribution in [2.75, 3.05) is 0 Å². The highest BCUT2D eigenvalue weighted by Gasteiger charge is 2.27. The summed E-state index contributed by atoms with van der Waals surface area (Å²) in [7, 11) is 0. The third-order valence-electron chi connectivity index (χ3n) is 1.38. The molecule has 1 rings (SSSR count). The minimum atomic E-state index is -3.28. The van der Waals surface area contributed by atoms with Crippen molar-refractivity contribution in [2.24, 2.45) is 0 Å². The first-order chi connectivity index (χ1) is 6.86. The average Bonchev–Trinajstić information content (AvgIpc) is 2.18. The SMILES string of the molecule is Fc1c(F)c(F)c(SC(F)F)c(F)c1F. The second-order valence-electron chi connectivity index (χ2n) is 2.28. The molecule has 15 heavy (non-hydrogen) atoms. The van der Waals surface area contributed by atoms with Gasteiger partial charge in [0.1, 0.15) is 0 Å². The van der Waals surface area contributed by atoms with Crippen molar-refractivity contribution in [3.8, 4) is 0 Å². The van der Waals surface area contributed by atoms with E-state index in [4.69, 9.17) is 0 Å². The first-order valence-electron chi connectivity index (χ1n) is 3.32. The quantitative estimate of drug-likeness (QED) is 0.334. The van der Waals surface area contributed by atoms with Crippen LogP contribution in [-0.2, 0) is 0 Å². The minimum Gasteiger partial charge on any atom is -0.202 e. The van der Waals surface area contributed by atoms with Crippen LogP contribution in [0.4, 0.5) is 30.7 Å². The van der Waals surface area contributed by atoms with E-state index in [0.29, 0.717) is 0 Å². The summed E-state index contributed by atoms with van der Waals surface area (Å²) in [5.41, 5.74) is 0. The molecule has 0 heterocycles. The molecule has 0 spiro atoms. The van der Waals surface area contributed by atoms with E-state index < -0.39 is 51.5 Å². The molecule has 1 aromatic carbocycles. The number of rotatable bonds is 2. The van der Waals surface area contributed by atoms with Crippen molar-refractivity contribution in [1.29, 1.82) is 0 Å². The van der Waals surface area contributed by atoms with Crippen LogP contribution >= 0.6 is 11.8 Å². The third-order valence-corrected chi connectivity index (χ3v) is 2.15. The molecule has 0 radical (unpaired) electrons. The van der Waals surface area contributed by atoms with Gasteiger partial charge >= 0.3 is 0 Å². The lowest BCUT2D eigenvalue weighted by atomic mass is 10.3. The van der Waals surface area contributed by atoms with Gasteiger partial charge < -0.3 is 0 Å². The van der Waals surface area contributed by atoms with E-state index in [1.165, 1.54) is 0 Å². The van der Waals surface area contributed by atoms with E-state index in [1.54, 1.807) is 0 Å². The molecule has 0 bridgehead atoms. The lowest BCUT2D eigenvalue weighted by Gasteiger charge is -2.06. The lowest BCUT2D eigenvalue weighted by Crippen LogP contribution is -2.04. The zero-order valence-electron chi connectivity index (χ0n) is 6.63. The summed E-state index contributed by atoms with van der Waals surface area (Å²) in [6.07, 6.45) is 0. The van der Waals surface area contributed by atoms with E-state index in [2.05, 4.69) is 0 Å². The van der Waals surface area contributed by atoms with Crippen molar-refractivity contribution < 1.29 is 30.7 Å². The molecule has 0 aliphatic heterocycles. The average molecular weight is 250 g/mol. The summed E-state index contributed by atoms with van der Waals surface area (Å²) in [6, 6.07) is 0. The van der Waals surface area contributed by atoms with Gasteiger partial charge in [0.15, 0.2) is 23.3 Å². The monoisotopic (exact) mass is 250 g/mol. The Labute approximate surface area is 83.1 Å². The minimum absolute atomic E-state index is 0.741. The summed E-state index contributed by atoms with van der Waals surface area (Å²) in [5, 5.41) is 0. The van der Waals surface area contributed by atoms with Gasteiger partial charge in [-0.25, -0.2) is 22.0 Å². The molecule has 0 aromatic heterocycles. The Kier molecular flexibility index (Phi) is 3.48. The normalized spacial score (nSPS) is 11.2. The largest absolute Gasteiger partial charge is 0.289 e. The van der Waals surface area contributed by atoms with Crippen LogP contribution in [-0.4, -0.2) is 5.76 Å². The summed E-state index contributed by atoms with van der Waals surface area (Å²) in [6.45, 7) is 0. The van der Waals surface area contributed by atoms with Gasteiger partial charge in [-0.1, -0.05) is 0 Å². The highest BCUT2D eigenvalue weighted by Crippen LogP contribution is 2.33. The van der Waals surface area contributed by atoms with E-state index in [9.17, 15) is 30.7 Å². The summed E-state index contributed by atoms with van der Waals surface area (Å²) >= 11 is -0.741. The second kappa shape index (κ2) is 4.30. The van der Waals surface area contributed by atoms with Crippen LogP contribution in [0.25, 0.3) is 0 Å². The number of hydrogen-bond acceptors (Lipinski definition) is 1. The molecule has 1 aromatic rings. The fourth-order valence-electron chi connectivity index (χ4n) is 0.777. The summed E-state index contributed by atoms with van der Waals surface area (Å²) < 4.78 is 86.1. The molecule has 0 aliphatic carbocycles. The molecule has 0 amide bonds. The molecular formula is C7HF7S. The fourth-order valence-corrected chi connectivity index (χ4v) is 1.34. The Morgan fingerprint density at radius 1 is 0.667 bits per heavy atom. The van der Waals surface area contributed by atoms with E-state index >= 15 is 0 Å². The van der Waals surface area contributed by atoms with Gasteiger partial charge in [0, 0.05) is 0 Å². The Hall–Kier alpha value is -0.920. The number of alkyl halides is 2. The van der Waals surface area contributed by atoms with Crippen molar-refractivity contribution in [2.45, 2.75) is 10.7 Å². The maximum atomic E-state index is 12.7. The number of halogens is 7. The Morgan fingerprint density at radius 3 is 1.33 bits per heavy atom. The van der Waals surface area contributed by atoms with Gasteiger partial charge in [-0.2, -0.15) is 8.78 Å². The molecule has 0 atom stereocenters. The molecule has 0 unspecified atom stereocenters. The molecule has 8 heteroatoms. The van der Waals surface area contributed by atoms with Crippen LogP contribution in [0.5, 0.6) is 0 Å². The Balaban J connectivity index is 3.39. The lowest BCUT2D eigenvalue weighted by molar-refractivity contribution is 0.250. The zero-order chi connectivity index (χ0) is 11.7. The fraction of sp³-hybridized carbons (Fsp3) is 0.143. The molecule has 84 valence electrons. The van der Waals surface area contributed by atoms with Crippen LogP contribution in [0.2, 0.25) is 0 Å². The standard InChI is InChI=1S/C7HF7S/c8-1-2(9)4(11)6(15-7(13)14)5(12)3(1)10/h7H. The predicted octanol–water partition coefficient (Wildman–Crippen LogP) is 3.70. The van der Waals surface area contributed by atoms with Gasteiger partial charge in [-0.3, -0.25) is 0 Å². The molecule has 0 N–H and O–H groups in total. The van der Waals surface area contributed by atoms with E-state index in [-0.39, 0.29) is 0 Å². The van der Waals surface area contributed by atoms with Crippen molar-refractivity contribution in [3.05, 3.63) is 29.1 Å². The van der Waals surface area contributed by atoms with Crippen LogP contribution in [0.3, 0.4) is 0 Å². The van der Waals surface area contributed by atoms with E-state index in [1.807, 2.05) is 0 Å². The van der Waals surface area contributed by atoms with Crippen LogP contribution in [0.15, 0.2) is 4.90 Å². The van der Waals surface area contributed by atoms with Crippen LogP contribution < -0.4 is 0 Å². The molecule has 0 nitrogen and oxygen atoms in total. The molecule has 0 saturated heterocycles. The maximum absolute atomic E-state index is 12.7. The maximum Gasteiger partial charge on any atom is 0.289 e. The van der Waals surface area contributed by atoms with Crippen LogP contribution in [0.1, 0.15) is 0 Å². The van der Waals surface area contributed by atoms with E-state index in [0.717, 1.165) is 0 Å². The number of benzene rings is 1. The van der Waals surface area contributed by atoms with Gasteiger partial charge in [0.25, 0.3) is 5.76 Å². The van der Waals surface area contributed by atoms with Gasteiger partial charge in [0.2, 0.25) is 5.82 Å². The molecule has 0 fully saturated rings. The smallest absolute Gasteiger partial charge is 0.202 e. The summed E-state index contributed by atoms with van der Waals surface area (Å²) in [5.74, 6) is -14.6.